The molecule has 0 aliphatic carbocycles. The molecule has 1 N–H and O–H groups in total. The molecular formula is C11H11NO5. The summed E-state index contributed by atoms with van der Waals surface area (Å²) in [6.07, 6.45) is 3.73. The summed E-state index contributed by atoms with van der Waals surface area (Å²) in [7, 11) is 1.27. The Balaban J connectivity index is 2.56. The molecule has 0 aliphatic heterocycles. The molecule has 90 valence electrons. The molecule has 1 aromatic rings. The Morgan fingerprint density at radius 3 is 2.76 bits per heavy atom. The molecule has 1 heterocycles. The van der Waals surface area contributed by atoms with E-state index >= 15 is 0 Å². The molecule has 0 saturated heterocycles. The van der Waals surface area contributed by atoms with Gasteiger partial charge in [0.25, 0.3) is 0 Å². The van der Waals surface area contributed by atoms with Gasteiger partial charge in [0.05, 0.1) is 19.0 Å². The Morgan fingerprint density at radius 2 is 2.24 bits per heavy atom. The van der Waals surface area contributed by atoms with E-state index in [0.29, 0.717) is 11.4 Å². The summed E-state index contributed by atoms with van der Waals surface area (Å²) in [4.78, 5) is 25.0. The number of hydrogen-bond donors (Lipinski definition) is 1. The smallest absolute Gasteiger partial charge is 0.343 e. The molecule has 0 saturated carbocycles. The van der Waals surface area contributed by atoms with E-state index in [0.717, 1.165) is 6.08 Å². The third kappa shape index (κ3) is 4.78. The molecule has 0 aliphatic rings. The maximum absolute atomic E-state index is 10.8. The number of aromatic nitrogens is 1. The van der Waals surface area contributed by atoms with Crippen LogP contribution < -0.4 is 4.74 Å². The largest absolute Gasteiger partial charge is 0.480 e. The molecule has 0 amide bonds. The zero-order valence-corrected chi connectivity index (χ0v) is 9.12. The van der Waals surface area contributed by atoms with E-state index in [2.05, 4.69) is 9.72 Å². The lowest BCUT2D eigenvalue weighted by molar-refractivity contribution is -0.143. The number of carbonyl (C=O) groups is 2. The lowest BCUT2D eigenvalue weighted by atomic mass is 10.3. The molecule has 1 rings (SSSR count). The number of aliphatic carboxylic acids is 1. The number of carbonyl (C=O) groups excluding carboxylic acids is 1. The maximum Gasteiger partial charge on any atom is 0.343 e. The van der Waals surface area contributed by atoms with Crippen LogP contribution in [0.4, 0.5) is 0 Å². The molecule has 0 aromatic carbocycles. The van der Waals surface area contributed by atoms with Gasteiger partial charge in [0.1, 0.15) is 5.75 Å². The van der Waals surface area contributed by atoms with Crippen molar-refractivity contribution in [1.82, 2.24) is 4.98 Å². The predicted molar refractivity (Wildman–Crippen MR) is 58.4 cm³/mol. The minimum atomic E-state index is -1.04. The SMILES string of the molecule is COC(=O)COc1ccc(C=CC(=O)O)nc1. The monoisotopic (exact) mass is 237 g/mol. The molecule has 17 heavy (non-hydrogen) atoms. The predicted octanol–water partition coefficient (Wildman–Crippen LogP) is 0.731. The van der Waals surface area contributed by atoms with Crippen LogP contribution >= 0.6 is 0 Å². The first-order valence-electron chi connectivity index (χ1n) is 4.68. The van der Waals surface area contributed by atoms with Crippen molar-refractivity contribution in [2.45, 2.75) is 0 Å². The second-order valence-electron chi connectivity index (χ2n) is 2.96. The van der Waals surface area contributed by atoms with Crippen LogP contribution in [-0.4, -0.2) is 35.7 Å². The number of methoxy groups -OCH3 is 1. The lowest BCUT2D eigenvalue weighted by Crippen LogP contribution is -2.12. The van der Waals surface area contributed by atoms with Crippen LogP contribution in [0.25, 0.3) is 6.08 Å². The molecule has 6 heteroatoms. The van der Waals surface area contributed by atoms with Gasteiger partial charge in [-0.05, 0) is 18.2 Å². The van der Waals surface area contributed by atoms with E-state index in [9.17, 15) is 9.59 Å². The van der Waals surface area contributed by atoms with Crippen LogP contribution in [-0.2, 0) is 14.3 Å². The normalized spacial score (nSPS) is 10.2. The first-order chi connectivity index (χ1) is 8.11. The molecule has 6 nitrogen and oxygen atoms in total. The third-order valence-electron chi connectivity index (χ3n) is 1.74. The van der Waals surface area contributed by atoms with Gasteiger partial charge < -0.3 is 14.6 Å². The number of ether oxygens (including phenoxy) is 2. The fourth-order valence-corrected chi connectivity index (χ4v) is 0.934. The van der Waals surface area contributed by atoms with Crippen LogP contribution in [0.2, 0.25) is 0 Å². The second kappa shape index (κ2) is 6.26. The highest BCUT2D eigenvalue weighted by atomic mass is 16.6. The van der Waals surface area contributed by atoms with E-state index in [1.807, 2.05) is 0 Å². The molecule has 0 spiro atoms. The summed E-state index contributed by atoms with van der Waals surface area (Å²) in [5.74, 6) is -1.12. The standard InChI is InChI=1S/C11H11NO5/c1-16-11(15)7-17-9-4-2-8(12-6-9)3-5-10(13)14/h2-6H,7H2,1H3,(H,13,14). The van der Waals surface area contributed by atoms with Crippen molar-refractivity contribution in [3.8, 4) is 5.75 Å². The van der Waals surface area contributed by atoms with Crippen molar-refractivity contribution in [3.05, 3.63) is 30.1 Å². The van der Waals surface area contributed by atoms with Gasteiger partial charge in [0.15, 0.2) is 6.61 Å². The first kappa shape index (κ1) is 12.7. The molecule has 0 atom stereocenters. The van der Waals surface area contributed by atoms with Crippen LogP contribution in [0.3, 0.4) is 0 Å². The molecule has 1 aromatic heterocycles. The Morgan fingerprint density at radius 1 is 1.47 bits per heavy atom. The Kier molecular flexibility index (Phi) is 4.68. The topological polar surface area (TPSA) is 85.7 Å². The second-order valence-corrected chi connectivity index (χ2v) is 2.96. The van der Waals surface area contributed by atoms with E-state index in [-0.39, 0.29) is 6.61 Å². The molecule has 0 fully saturated rings. The van der Waals surface area contributed by atoms with Crippen LogP contribution in [0.15, 0.2) is 24.4 Å². The number of rotatable bonds is 5. The average molecular weight is 237 g/mol. The zero-order chi connectivity index (χ0) is 12.7. The highest BCUT2D eigenvalue weighted by Gasteiger charge is 2.01. The maximum atomic E-state index is 10.8. The van der Waals surface area contributed by atoms with E-state index in [4.69, 9.17) is 9.84 Å². The van der Waals surface area contributed by atoms with Crippen LogP contribution in [0, 0.1) is 0 Å². The number of esters is 1. The van der Waals surface area contributed by atoms with Crippen molar-refractivity contribution >= 4 is 18.0 Å². The summed E-state index contributed by atoms with van der Waals surface area (Å²) in [6.45, 7) is -0.192. The summed E-state index contributed by atoms with van der Waals surface area (Å²) in [5.41, 5.74) is 0.484. The van der Waals surface area contributed by atoms with Gasteiger partial charge in [0, 0.05) is 6.08 Å². The van der Waals surface area contributed by atoms with Crippen molar-refractivity contribution in [3.63, 3.8) is 0 Å². The summed E-state index contributed by atoms with van der Waals surface area (Å²) < 4.78 is 9.46. The zero-order valence-electron chi connectivity index (χ0n) is 9.12. The third-order valence-corrected chi connectivity index (χ3v) is 1.74. The van der Waals surface area contributed by atoms with Gasteiger partial charge in [-0.1, -0.05) is 0 Å². The summed E-state index contributed by atoms with van der Waals surface area (Å²) >= 11 is 0. The minimum Gasteiger partial charge on any atom is -0.480 e. The minimum absolute atomic E-state index is 0.192. The van der Waals surface area contributed by atoms with Crippen molar-refractivity contribution in [1.29, 1.82) is 0 Å². The number of hydrogen-bond acceptors (Lipinski definition) is 5. The van der Waals surface area contributed by atoms with Gasteiger partial charge in [0.2, 0.25) is 0 Å². The number of pyridine rings is 1. The van der Waals surface area contributed by atoms with Gasteiger partial charge in [-0.25, -0.2) is 9.59 Å². The van der Waals surface area contributed by atoms with Gasteiger partial charge in [-0.2, -0.15) is 0 Å². The fourth-order valence-electron chi connectivity index (χ4n) is 0.934. The molecule has 0 radical (unpaired) electrons. The van der Waals surface area contributed by atoms with Crippen LogP contribution in [0.1, 0.15) is 5.69 Å². The molecule has 0 unspecified atom stereocenters. The molecule has 0 bridgehead atoms. The van der Waals surface area contributed by atoms with E-state index in [1.54, 1.807) is 12.1 Å². The quantitative estimate of drug-likeness (QED) is 0.600. The average Bonchev–Trinajstić information content (AvgIpc) is 2.34. The number of carboxylic acid groups (broad SMARTS) is 1. The van der Waals surface area contributed by atoms with Gasteiger partial charge in [-0.3, -0.25) is 4.98 Å². The van der Waals surface area contributed by atoms with Crippen LogP contribution in [0.5, 0.6) is 5.75 Å². The summed E-state index contributed by atoms with van der Waals surface area (Å²) in [5, 5.41) is 8.41. The van der Waals surface area contributed by atoms with Crippen molar-refractivity contribution < 1.29 is 24.2 Å². The first-order valence-corrected chi connectivity index (χ1v) is 4.68. The van der Waals surface area contributed by atoms with Crippen molar-refractivity contribution in [2.24, 2.45) is 0 Å². The van der Waals surface area contributed by atoms with E-state index < -0.39 is 11.9 Å². The fraction of sp³-hybridized carbons (Fsp3) is 0.182. The Hall–Kier alpha value is -2.37. The molecular weight excluding hydrogens is 226 g/mol. The Labute approximate surface area is 97.5 Å². The lowest BCUT2D eigenvalue weighted by Gasteiger charge is -2.03. The highest BCUT2D eigenvalue weighted by molar-refractivity contribution is 5.84. The number of carboxylic acids is 1. The summed E-state index contributed by atoms with van der Waals surface area (Å²) in [6, 6.07) is 3.16. The Bertz CT molecular complexity index is 424. The van der Waals surface area contributed by atoms with Crippen molar-refractivity contribution in [2.75, 3.05) is 13.7 Å². The van der Waals surface area contributed by atoms with Gasteiger partial charge >= 0.3 is 11.9 Å². The van der Waals surface area contributed by atoms with E-state index in [1.165, 1.54) is 19.4 Å². The number of nitrogens with zero attached hydrogens (tertiary/aromatic N) is 1. The highest BCUT2D eigenvalue weighted by Crippen LogP contribution is 2.09. The van der Waals surface area contributed by atoms with Gasteiger partial charge in [-0.15, -0.1) is 0 Å².